The molecule has 5 nitrogen and oxygen atoms in total. The van der Waals surface area contributed by atoms with Gasteiger partial charge in [0.25, 0.3) is 0 Å². The minimum Gasteiger partial charge on any atom is -0.507 e. The van der Waals surface area contributed by atoms with Gasteiger partial charge in [0.2, 0.25) is 0 Å². The number of hydrogen-bond donors (Lipinski definition) is 2. The number of benzene rings is 1. The summed E-state index contributed by atoms with van der Waals surface area (Å²) < 4.78 is 10.7. The second-order valence-electron chi connectivity index (χ2n) is 5.58. The topological polar surface area (TPSA) is 60.2 Å². The van der Waals surface area contributed by atoms with Crippen molar-refractivity contribution in [3.8, 4) is 11.5 Å². The highest BCUT2D eigenvalue weighted by molar-refractivity contribution is 5.92. The lowest BCUT2D eigenvalue weighted by atomic mass is 10.2. The molecule has 0 saturated carbocycles. The Morgan fingerprint density at radius 1 is 1.13 bits per heavy atom. The Morgan fingerprint density at radius 2 is 1.87 bits per heavy atom. The van der Waals surface area contributed by atoms with Crippen LogP contribution in [0.2, 0.25) is 0 Å². The molecule has 2 N–H and O–H groups in total. The number of phenolic OH excluding ortho intramolecular Hbond substituents is 1. The number of rotatable bonds is 11. The molecule has 0 atom stereocenters. The van der Waals surface area contributed by atoms with Gasteiger partial charge >= 0.3 is 5.97 Å². The van der Waals surface area contributed by atoms with Gasteiger partial charge in [0.1, 0.15) is 17.1 Å². The number of hydrogen-bond acceptors (Lipinski definition) is 4. The Balaban J connectivity index is 2.43. The van der Waals surface area contributed by atoms with Crippen LogP contribution >= 0.6 is 0 Å². The van der Waals surface area contributed by atoms with Crippen LogP contribution in [0, 0.1) is 0 Å². The third-order valence-corrected chi connectivity index (χ3v) is 3.86. The van der Waals surface area contributed by atoms with Crippen molar-refractivity contribution in [2.45, 2.75) is 40.0 Å². The van der Waals surface area contributed by atoms with Crippen molar-refractivity contribution in [2.24, 2.45) is 0 Å². The lowest BCUT2D eigenvalue weighted by Crippen LogP contribution is -3.11. The molecule has 0 amide bonds. The summed E-state index contributed by atoms with van der Waals surface area (Å²) in [5.41, 5.74) is 0.183. The van der Waals surface area contributed by atoms with Gasteiger partial charge in [-0.05, 0) is 32.4 Å². The monoisotopic (exact) mass is 324 g/mol. The number of phenols is 1. The van der Waals surface area contributed by atoms with E-state index >= 15 is 0 Å². The molecule has 0 aliphatic rings. The van der Waals surface area contributed by atoms with Crippen molar-refractivity contribution < 1.29 is 24.3 Å². The van der Waals surface area contributed by atoms with E-state index in [9.17, 15) is 9.90 Å². The van der Waals surface area contributed by atoms with E-state index in [1.54, 1.807) is 12.1 Å². The number of aromatic hydroxyl groups is 1. The molecule has 0 saturated heterocycles. The molecule has 0 aliphatic carbocycles. The average molecular weight is 324 g/mol. The lowest BCUT2D eigenvalue weighted by molar-refractivity contribution is -0.896. The Morgan fingerprint density at radius 3 is 2.48 bits per heavy atom. The summed E-state index contributed by atoms with van der Waals surface area (Å²) >= 11 is 0. The van der Waals surface area contributed by atoms with Gasteiger partial charge in [-0.2, -0.15) is 0 Å². The van der Waals surface area contributed by atoms with E-state index in [-0.39, 0.29) is 11.3 Å². The van der Waals surface area contributed by atoms with Crippen LogP contribution in [0.3, 0.4) is 0 Å². The number of ether oxygens (including phenoxy) is 2. The highest BCUT2D eigenvalue weighted by atomic mass is 16.5. The first-order valence-electron chi connectivity index (χ1n) is 8.58. The van der Waals surface area contributed by atoms with Gasteiger partial charge in [-0.15, -0.1) is 0 Å². The minimum absolute atomic E-state index is 0.0987. The first-order valence-corrected chi connectivity index (χ1v) is 8.58. The van der Waals surface area contributed by atoms with Crippen molar-refractivity contribution in [2.75, 3.05) is 32.8 Å². The fourth-order valence-electron chi connectivity index (χ4n) is 2.28. The largest absolute Gasteiger partial charge is 0.507 e. The van der Waals surface area contributed by atoms with Gasteiger partial charge in [0.05, 0.1) is 32.8 Å². The van der Waals surface area contributed by atoms with E-state index in [1.807, 2.05) is 0 Å². The molecular formula is C18H30NO4+. The number of carbonyl (C=O) groups excluding carboxylic acids is 1. The molecule has 1 aromatic carbocycles. The molecule has 0 unspecified atom stereocenters. The number of unbranched alkanes of at least 4 members (excludes halogenated alkanes) is 1. The molecule has 5 heteroatoms. The molecule has 1 aromatic rings. The summed E-state index contributed by atoms with van der Waals surface area (Å²) in [5, 5.41) is 9.95. The zero-order chi connectivity index (χ0) is 17.1. The first-order chi connectivity index (χ1) is 11.1. The standard InChI is InChI=1S/C18H29NO4/c1-4-7-12-22-15-9-10-16(17(20)14-15)18(21)23-13-8-11-19(5-2)6-3/h9-10,14,20H,4-8,11-13H2,1-3H3/p+1. The van der Waals surface area contributed by atoms with Gasteiger partial charge in [0.15, 0.2) is 0 Å². The van der Waals surface area contributed by atoms with Crippen LogP contribution in [0.25, 0.3) is 0 Å². The summed E-state index contributed by atoms with van der Waals surface area (Å²) in [4.78, 5) is 13.5. The third kappa shape index (κ3) is 6.91. The highest BCUT2D eigenvalue weighted by Crippen LogP contribution is 2.24. The lowest BCUT2D eigenvalue weighted by Gasteiger charge is -2.15. The summed E-state index contributed by atoms with van der Waals surface area (Å²) in [6.07, 6.45) is 2.83. The molecule has 0 radical (unpaired) electrons. The van der Waals surface area contributed by atoms with Crippen LogP contribution in [0.15, 0.2) is 18.2 Å². The zero-order valence-electron chi connectivity index (χ0n) is 14.6. The van der Waals surface area contributed by atoms with Crippen molar-refractivity contribution in [1.29, 1.82) is 0 Å². The van der Waals surface area contributed by atoms with Gasteiger partial charge in [-0.3, -0.25) is 0 Å². The molecular weight excluding hydrogens is 294 g/mol. The first kappa shape index (κ1) is 19.3. The molecule has 0 aromatic heterocycles. The van der Waals surface area contributed by atoms with Gasteiger partial charge in [-0.25, -0.2) is 4.79 Å². The number of quaternary nitrogens is 1. The van der Waals surface area contributed by atoms with E-state index in [2.05, 4.69) is 20.8 Å². The molecule has 23 heavy (non-hydrogen) atoms. The van der Waals surface area contributed by atoms with Crippen LogP contribution < -0.4 is 9.64 Å². The molecule has 1 rings (SSSR count). The average Bonchev–Trinajstić information content (AvgIpc) is 2.55. The fraction of sp³-hybridized carbons (Fsp3) is 0.611. The highest BCUT2D eigenvalue weighted by Gasteiger charge is 2.14. The van der Waals surface area contributed by atoms with Crippen LogP contribution in [0.4, 0.5) is 0 Å². The molecule has 130 valence electrons. The molecule has 0 heterocycles. The zero-order valence-corrected chi connectivity index (χ0v) is 14.6. The van der Waals surface area contributed by atoms with Crippen molar-refractivity contribution in [3.05, 3.63) is 23.8 Å². The molecule has 0 bridgehead atoms. The number of nitrogens with one attached hydrogen (secondary N) is 1. The van der Waals surface area contributed by atoms with E-state index < -0.39 is 5.97 Å². The maximum absolute atomic E-state index is 12.0. The van der Waals surface area contributed by atoms with Crippen molar-refractivity contribution in [3.63, 3.8) is 0 Å². The predicted molar refractivity (Wildman–Crippen MR) is 90.3 cm³/mol. The maximum atomic E-state index is 12.0. The fourth-order valence-corrected chi connectivity index (χ4v) is 2.28. The van der Waals surface area contributed by atoms with E-state index in [0.717, 1.165) is 38.9 Å². The second-order valence-corrected chi connectivity index (χ2v) is 5.58. The summed E-state index contributed by atoms with van der Waals surface area (Å²) in [5.74, 6) is -0.0202. The van der Waals surface area contributed by atoms with Gasteiger partial charge in [0, 0.05) is 12.5 Å². The Bertz CT molecular complexity index is 472. The van der Waals surface area contributed by atoms with Gasteiger partial charge in [-0.1, -0.05) is 13.3 Å². The third-order valence-electron chi connectivity index (χ3n) is 3.86. The Kier molecular flexibility index (Phi) is 9.14. The predicted octanol–water partition coefficient (Wildman–Crippen LogP) is 2.04. The minimum atomic E-state index is -0.489. The molecule has 0 aliphatic heterocycles. The molecule has 0 spiro atoms. The van der Waals surface area contributed by atoms with E-state index in [0.29, 0.717) is 19.0 Å². The Hall–Kier alpha value is -1.75. The Labute approximate surface area is 139 Å². The van der Waals surface area contributed by atoms with Crippen LogP contribution in [0.1, 0.15) is 50.4 Å². The normalized spacial score (nSPS) is 10.8. The molecule has 0 fully saturated rings. The number of carbonyl (C=O) groups is 1. The van der Waals surface area contributed by atoms with Gasteiger partial charge < -0.3 is 19.5 Å². The summed E-state index contributed by atoms with van der Waals surface area (Å²) in [6.45, 7) is 10.5. The maximum Gasteiger partial charge on any atom is 0.341 e. The summed E-state index contributed by atoms with van der Waals surface area (Å²) in [7, 11) is 0. The van der Waals surface area contributed by atoms with Crippen LogP contribution in [-0.2, 0) is 4.74 Å². The van der Waals surface area contributed by atoms with E-state index in [1.165, 1.54) is 11.0 Å². The van der Waals surface area contributed by atoms with Crippen molar-refractivity contribution in [1.82, 2.24) is 0 Å². The number of esters is 1. The van der Waals surface area contributed by atoms with Crippen LogP contribution in [-0.4, -0.2) is 43.9 Å². The smallest absolute Gasteiger partial charge is 0.341 e. The second kappa shape index (κ2) is 10.9. The summed E-state index contributed by atoms with van der Waals surface area (Å²) in [6, 6.07) is 4.70. The van der Waals surface area contributed by atoms with E-state index in [4.69, 9.17) is 9.47 Å². The SMILES string of the molecule is CCCCOc1ccc(C(=O)OCCC[NH+](CC)CC)c(O)c1. The van der Waals surface area contributed by atoms with Crippen LogP contribution in [0.5, 0.6) is 11.5 Å². The van der Waals surface area contributed by atoms with Crippen molar-refractivity contribution >= 4 is 5.97 Å². The quantitative estimate of drug-likeness (QED) is 0.483.